The van der Waals surface area contributed by atoms with E-state index in [2.05, 4.69) is 0 Å². The van der Waals surface area contributed by atoms with Gasteiger partial charge in [-0.05, 0) is 6.42 Å². The number of rotatable bonds is 0. The van der Waals surface area contributed by atoms with Gasteiger partial charge in [0.05, 0.1) is 0 Å². The van der Waals surface area contributed by atoms with Gasteiger partial charge in [-0.25, -0.2) is 0 Å². The Morgan fingerprint density at radius 2 is 2.50 bits per heavy atom. The lowest BCUT2D eigenvalue weighted by Gasteiger charge is -2.25. The summed E-state index contributed by atoms with van der Waals surface area (Å²) >= 11 is 0. The minimum absolute atomic E-state index is 0.0231. The summed E-state index contributed by atoms with van der Waals surface area (Å²) in [5.41, 5.74) is 0. The molecule has 1 aliphatic carbocycles. The average Bonchev–Trinajstić information content (AvgIpc) is 2.09. The zero-order chi connectivity index (χ0) is 5.56. The molecule has 2 aliphatic rings. The van der Waals surface area contributed by atoms with Crippen molar-refractivity contribution in [1.29, 1.82) is 0 Å². The monoisotopic (exact) mass is 112 g/mol. The van der Waals surface area contributed by atoms with Gasteiger partial charge in [-0.15, -0.1) is 0 Å². The van der Waals surface area contributed by atoms with Crippen molar-refractivity contribution in [2.45, 2.75) is 18.9 Å². The fourth-order valence-electron chi connectivity index (χ4n) is 1.41. The smallest absolute Gasteiger partial charge is 0.162 e. The molecule has 0 aromatic rings. The molecule has 2 atom stereocenters. The standard InChI is InChI=1S/C6H8O2/c7-5-3-4-1-2-8-6(4)5/h4,6H,1-3H2. The predicted molar refractivity (Wildman–Crippen MR) is 27.5 cm³/mol. The Kier molecular flexibility index (Phi) is 0.742. The van der Waals surface area contributed by atoms with Crippen LogP contribution < -0.4 is 0 Å². The van der Waals surface area contributed by atoms with E-state index in [4.69, 9.17) is 4.74 Å². The second-order valence-electron chi connectivity index (χ2n) is 2.51. The van der Waals surface area contributed by atoms with Gasteiger partial charge in [-0.3, -0.25) is 4.79 Å². The van der Waals surface area contributed by atoms with Crippen molar-refractivity contribution in [1.82, 2.24) is 0 Å². The Bertz CT molecular complexity index is 130. The summed E-state index contributed by atoms with van der Waals surface area (Å²) in [7, 11) is 0. The maximum Gasteiger partial charge on any atom is 0.162 e. The summed E-state index contributed by atoms with van der Waals surface area (Å²) in [6.45, 7) is 0.807. The minimum atomic E-state index is 0.0231. The molecule has 2 unspecified atom stereocenters. The van der Waals surface area contributed by atoms with Crippen LogP contribution >= 0.6 is 0 Å². The summed E-state index contributed by atoms with van der Waals surface area (Å²) in [5, 5.41) is 0. The third kappa shape index (κ3) is 0.388. The molecule has 8 heavy (non-hydrogen) atoms. The van der Waals surface area contributed by atoms with E-state index >= 15 is 0 Å². The molecule has 0 N–H and O–H groups in total. The molecule has 1 heterocycles. The van der Waals surface area contributed by atoms with Gasteiger partial charge in [-0.1, -0.05) is 0 Å². The molecule has 1 saturated heterocycles. The summed E-state index contributed by atoms with van der Waals surface area (Å²) < 4.78 is 5.11. The first-order valence-electron chi connectivity index (χ1n) is 3.02. The Balaban J connectivity index is 2.11. The quantitative estimate of drug-likeness (QED) is 0.452. The molecule has 0 radical (unpaired) electrons. The molecule has 0 aromatic carbocycles. The van der Waals surface area contributed by atoms with Gasteiger partial charge < -0.3 is 4.74 Å². The number of hydrogen-bond acceptors (Lipinski definition) is 2. The van der Waals surface area contributed by atoms with E-state index in [-0.39, 0.29) is 6.10 Å². The molecule has 0 spiro atoms. The summed E-state index contributed by atoms with van der Waals surface area (Å²) in [4.78, 5) is 10.6. The third-order valence-electron chi connectivity index (χ3n) is 1.99. The maximum atomic E-state index is 10.6. The van der Waals surface area contributed by atoms with Crippen molar-refractivity contribution in [3.8, 4) is 0 Å². The molecule has 44 valence electrons. The lowest BCUT2D eigenvalue weighted by atomic mass is 9.81. The van der Waals surface area contributed by atoms with Crippen LogP contribution in [0.1, 0.15) is 12.8 Å². The van der Waals surface area contributed by atoms with Gasteiger partial charge in [0.2, 0.25) is 0 Å². The molecule has 1 aliphatic heterocycles. The van der Waals surface area contributed by atoms with Gasteiger partial charge in [0, 0.05) is 18.9 Å². The summed E-state index contributed by atoms with van der Waals surface area (Å²) in [5.74, 6) is 0.912. The fraction of sp³-hybridized carbons (Fsp3) is 0.833. The lowest BCUT2D eigenvalue weighted by Crippen LogP contribution is -2.39. The van der Waals surface area contributed by atoms with E-state index < -0.39 is 0 Å². The SMILES string of the molecule is O=C1CC2CCOC12. The number of carbonyl (C=O) groups is 1. The van der Waals surface area contributed by atoms with E-state index in [1.165, 1.54) is 0 Å². The summed E-state index contributed by atoms with van der Waals surface area (Å²) in [6, 6.07) is 0. The van der Waals surface area contributed by atoms with Crippen LogP contribution in [0.25, 0.3) is 0 Å². The van der Waals surface area contributed by atoms with E-state index in [0.29, 0.717) is 11.7 Å². The highest BCUT2D eigenvalue weighted by Gasteiger charge is 2.43. The van der Waals surface area contributed by atoms with Crippen LogP contribution in [0.3, 0.4) is 0 Å². The zero-order valence-electron chi connectivity index (χ0n) is 4.59. The molecule has 2 rings (SSSR count). The van der Waals surface area contributed by atoms with Crippen molar-refractivity contribution in [3.63, 3.8) is 0 Å². The van der Waals surface area contributed by atoms with Crippen molar-refractivity contribution in [2.75, 3.05) is 6.61 Å². The van der Waals surface area contributed by atoms with Crippen LogP contribution in [0.15, 0.2) is 0 Å². The average molecular weight is 112 g/mol. The molecular weight excluding hydrogens is 104 g/mol. The molecular formula is C6H8O2. The molecule has 2 heteroatoms. The second kappa shape index (κ2) is 1.32. The van der Waals surface area contributed by atoms with Crippen LogP contribution in [0.4, 0.5) is 0 Å². The van der Waals surface area contributed by atoms with E-state index in [1.54, 1.807) is 0 Å². The number of ketones is 1. The van der Waals surface area contributed by atoms with E-state index in [1.807, 2.05) is 0 Å². The van der Waals surface area contributed by atoms with Crippen LogP contribution in [0, 0.1) is 5.92 Å². The van der Waals surface area contributed by atoms with E-state index in [0.717, 1.165) is 19.4 Å². The van der Waals surface area contributed by atoms with Crippen molar-refractivity contribution < 1.29 is 9.53 Å². The highest BCUT2D eigenvalue weighted by atomic mass is 16.5. The fourth-order valence-corrected chi connectivity index (χ4v) is 1.41. The van der Waals surface area contributed by atoms with Gasteiger partial charge in [0.15, 0.2) is 5.78 Å². The molecule has 2 fully saturated rings. The predicted octanol–water partition coefficient (Wildman–Crippen LogP) is 0.364. The van der Waals surface area contributed by atoms with Crippen LogP contribution in [-0.2, 0) is 9.53 Å². The Hall–Kier alpha value is -0.370. The molecule has 1 saturated carbocycles. The minimum Gasteiger partial charge on any atom is -0.370 e. The van der Waals surface area contributed by atoms with Crippen LogP contribution in [0.5, 0.6) is 0 Å². The molecule has 2 nitrogen and oxygen atoms in total. The van der Waals surface area contributed by atoms with Crippen LogP contribution in [-0.4, -0.2) is 18.5 Å². The number of hydrogen-bond donors (Lipinski definition) is 0. The van der Waals surface area contributed by atoms with E-state index in [9.17, 15) is 4.79 Å². The summed E-state index contributed by atoms with van der Waals surface area (Å²) in [6.07, 6.45) is 1.91. The molecule has 0 aromatic heterocycles. The van der Waals surface area contributed by atoms with Crippen LogP contribution in [0.2, 0.25) is 0 Å². The Morgan fingerprint density at radius 1 is 1.62 bits per heavy atom. The largest absolute Gasteiger partial charge is 0.370 e. The number of ether oxygens (including phenoxy) is 1. The first kappa shape index (κ1) is 4.50. The molecule has 0 amide bonds. The highest BCUT2D eigenvalue weighted by molar-refractivity contribution is 5.90. The van der Waals surface area contributed by atoms with Crippen molar-refractivity contribution in [3.05, 3.63) is 0 Å². The van der Waals surface area contributed by atoms with Crippen molar-refractivity contribution >= 4 is 5.78 Å². The zero-order valence-corrected chi connectivity index (χ0v) is 4.59. The van der Waals surface area contributed by atoms with Crippen molar-refractivity contribution in [2.24, 2.45) is 5.92 Å². The van der Waals surface area contributed by atoms with Gasteiger partial charge >= 0.3 is 0 Å². The van der Waals surface area contributed by atoms with Gasteiger partial charge in [0.25, 0.3) is 0 Å². The topological polar surface area (TPSA) is 26.3 Å². The molecule has 0 bridgehead atoms. The van der Waals surface area contributed by atoms with Gasteiger partial charge in [-0.2, -0.15) is 0 Å². The van der Waals surface area contributed by atoms with Gasteiger partial charge in [0.1, 0.15) is 6.10 Å². The maximum absolute atomic E-state index is 10.6. The number of carbonyl (C=O) groups excluding carboxylic acids is 1. The second-order valence-corrected chi connectivity index (χ2v) is 2.51. The number of fused-ring (bicyclic) bond motifs is 1. The number of Topliss-reactive ketones (excluding diaryl/α,β-unsaturated/α-hetero) is 1. The first-order chi connectivity index (χ1) is 3.88. The normalized spacial score (nSPS) is 43.8. The Morgan fingerprint density at radius 3 is 3.00 bits per heavy atom. The Labute approximate surface area is 47.8 Å². The highest BCUT2D eigenvalue weighted by Crippen LogP contribution is 2.34. The first-order valence-corrected chi connectivity index (χ1v) is 3.02. The lowest BCUT2D eigenvalue weighted by molar-refractivity contribution is -0.139. The third-order valence-corrected chi connectivity index (χ3v) is 1.99.